The monoisotopic (exact) mass is 449 g/mol. The third-order valence-corrected chi connectivity index (χ3v) is 4.70. The summed E-state index contributed by atoms with van der Waals surface area (Å²) in [6.45, 7) is 16.7. The second-order valence-corrected chi connectivity index (χ2v) is 6.76. The van der Waals surface area contributed by atoms with Crippen molar-refractivity contribution in [2.45, 2.75) is 60.9 Å². The molecule has 4 nitrogen and oxygen atoms in total. The van der Waals surface area contributed by atoms with E-state index in [1.54, 1.807) is 6.08 Å². The number of esters is 1. The molecule has 0 fully saturated rings. The summed E-state index contributed by atoms with van der Waals surface area (Å²) in [5.74, 6) is 1.25. The predicted octanol–water partition coefficient (Wildman–Crippen LogP) is 8.14. The van der Waals surface area contributed by atoms with Crippen molar-refractivity contribution < 1.29 is 14.3 Å². The minimum atomic E-state index is -0.284. The van der Waals surface area contributed by atoms with E-state index >= 15 is 0 Å². The van der Waals surface area contributed by atoms with Gasteiger partial charge >= 0.3 is 5.97 Å². The second kappa shape index (κ2) is 15.5. The first-order chi connectivity index (χ1) is 16.2. The first-order valence-electron chi connectivity index (χ1n) is 11.9. The molecule has 0 radical (unpaired) electrons. The molecule has 0 saturated heterocycles. The Morgan fingerprint density at radius 1 is 1.18 bits per heavy atom. The van der Waals surface area contributed by atoms with Crippen LogP contribution in [-0.2, 0) is 16.0 Å². The van der Waals surface area contributed by atoms with Gasteiger partial charge in [0.25, 0.3) is 0 Å². The van der Waals surface area contributed by atoms with Gasteiger partial charge < -0.3 is 14.0 Å². The summed E-state index contributed by atoms with van der Waals surface area (Å²) < 4.78 is 13.3. The number of hydrogen-bond acceptors (Lipinski definition) is 3. The number of rotatable bonds is 8. The van der Waals surface area contributed by atoms with E-state index in [1.165, 1.54) is 5.57 Å². The zero-order valence-corrected chi connectivity index (χ0v) is 21.1. The lowest BCUT2D eigenvalue weighted by Gasteiger charge is -2.16. The Kier molecular flexibility index (Phi) is 13.1. The molecule has 0 saturated carbocycles. The molecule has 4 heteroatoms. The quantitative estimate of drug-likeness (QED) is 0.232. The van der Waals surface area contributed by atoms with Gasteiger partial charge in [0.05, 0.1) is 12.2 Å². The van der Waals surface area contributed by atoms with Crippen molar-refractivity contribution in [2.24, 2.45) is 0 Å². The summed E-state index contributed by atoms with van der Waals surface area (Å²) in [6, 6.07) is 7.92. The molecule has 0 spiro atoms. The molecule has 1 aliphatic rings. The summed E-state index contributed by atoms with van der Waals surface area (Å²) in [5, 5.41) is 0.914. The molecular weight excluding hydrogens is 410 g/mol. The summed E-state index contributed by atoms with van der Waals surface area (Å²) in [6.07, 6.45) is 15.4. The average Bonchev–Trinajstić information content (AvgIpc) is 3.23. The van der Waals surface area contributed by atoms with Crippen molar-refractivity contribution in [1.82, 2.24) is 4.57 Å². The van der Waals surface area contributed by atoms with Gasteiger partial charge in [-0.05, 0) is 62.6 Å². The molecule has 1 aromatic carbocycles. The zero-order chi connectivity index (χ0) is 24.6. The van der Waals surface area contributed by atoms with Crippen molar-refractivity contribution in [2.75, 3.05) is 6.61 Å². The van der Waals surface area contributed by atoms with Gasteiger partial charge in [0, 0.05) is 23.6 Å². The number of nitrogens with zero attached hydrogens (tertiary/aromatic N) is 1. The van der Waals surface area contributed by atoms with Crippen LogP contribution in [-0.4, -0.2) is 17.1 Å². The maximum Gasteiger partial charge on any atom is 0.340 e. The van der Waals surface area contributed by atoms with E-state index in [1.807, 2.05) is 90.2 Å². The van der Waals surface area contributed by atoms with Crippen LogP contribution in [0.25, 0.3) is 10.9 Å². The van der Waals surface area contributed by atoms with Crippen LogP contribution in [0.1, 0.15) is 64.7 Å². The van der Waals surface area contributed by atoms with E-state index in [4.69, 9.17) is 9.47 Å². The van der Waals surface area contributed by atoms with Crippen LogP contribution in [0.15, 0.2) is 90.6 Å². The van der Waals surface area contributed by atoms with E-state index in [0.29, 0.717) is 24.5 Å². The number of para-hydroxylation sites is 1. The van der Waals surface area contributed by atoms with Crippen LogP contribution in [0.4, 0.5) is 0 Å². The molecule has 1 aromatic heterocycles. The SMILES string of the molecule is C=C/C(=C\C=C/C)OC1=CCCC(Cn2cc(C(=O)OCC)c3ccccc32)=C1.CC.CC. The van der Waals surface area contributed by atoms with Crippen LogP contribution in [0, 0.1) is 0 Å². The first-order valence-corrected chi connectivity index (χ1v) is 11.9. The predicted molar refractivity (Wildman–Crippen MR) is 140 cm³/mol. The number of carbonyl (C=O) groups excluding carboxylic acids is 1. The van der Waals surface area contributed by atoms with Crippen LogP contribution >= 0.6 is 0 Å². The molecule has 1 heterocycles. The van der Waals surface area contributed by atoms with E-state index in [-0.39, 0.29) is 5.97 Å². The Bertz CT molecular complexity index is 1020. The third kappa shape index (κ3) is 7.98. The maximum absolute atomic E-state index is 12.4. The standard InChI is InChI=1S/C25H27NO3.2C2H6/c1-4-7-12-20(5-2)29-21-13-10-11-19(16-21)17-26-18-23(25(27)28-6-3)22-14-8-9-15-24(22)26;2*1-2/h4-5,7-9,12-16,18H,2,6,10-11,17H2,1,3H3;2*1-2H3/b7-4-,20-12+;;. The molecule has 1 aliphatic carbocycles. The number of ether oxygens (including phenoxy) is 2. The molecule has 0 atom stereocenters. The molecule has 178 valence electrons. The fourth-order valence-electron chi connectivity index (χ4n) is 3.37. The minimum absolute atomic E-state index is 0.284. The number of fused-ring (bicyclic) bond motifs is 1. The maximum atomic E-state index is 12.4. The van der Waals surface area contributed by atoms with Crippen molar-refractivity contribution in [3.8, 4) is 0 Å². The van der Waals surface area contributed by atoms with Crippen molar-refractivity contribution in [3.05, 3.63) is 96.2 Å². The molecular formula is C29H39NO3. The number of allylic oxidation sites excluding steroid dienone is 7. The second-order valence-electron chi connectivity index (χ2n) is 6.76. The molecule has 0 bridgehead atoms. The summed E-state index contributed by atoms with van der Waals surface area (Å²) in [7, 11) is 0. The Morgan fingerprint density at radius 3 is 2.58 bits per heavy atom. The van der Waals surface area contributed by atoms with Gasteiger partial charge in [-0.2, -0.15) is 0 Å². The lowest BCUT2D eigenvalue weighted by molar-refractivity contribution is 0.0528. The molecule has 0 N–H and O–H groups in total. The van der Waals surface area contributed by atoms with Crippen molar-refractivity contribution in [3.63, 3.8) is 0 Å². The Hall–Kier alpha value is -3.27. The lowest BCUT2D eigenvalue weighted by Crippen LogP contribution is -2.05. The molecule has 33 heavy (non-hydrogen) atoms. The fourth-order valence-corrected chi connectivity index (χ4v) is 3.37. The Labute approximate surface area is 199 Å². The molecule has 0 amide bonds. The third-order valence-electron chi connectivity index (χ3n) is 4.70. The molecule has 2 aromatic rings. The minimum Gasteiger partial charge on any atom is -0.462 e. The molecule has 3 rings (SSSR count). The van der Waals surface area contributed by atoms with Gasteiger partial charge in [-0.25, -0.2) is 4.79 Å². The highest BCUT2D eigenvalue weighted by molar-refractivity contribution is 6.04. The zero-order valence-electron chi connectivity index (χ0n) is 21.1. The van der Waals surface area contributed by atoms with Gasteiger partial charge in [0.15, 0.2) is 0 Å². The van der Waals surface area contributed by atoms with E-state index in [0.717, 1.165) is 29.5 Å². The van der Waals surface area contributed by atoms with E-state index < -0.39 is 0 Å². The highest BCUT2D eigenvalue weighted by atomic mass is 16.5. The normalized spacial score (nSPS) is 13.2. The molecule has 0 unspecified atom stereocenters. The summed E-state index contributed by atoms with van der Waals surface area (Å²) in [4.78, 5) is 12.4. The number of carbonyl (C=O) groups is 1. The fraction of sp³-hybridized carbons (Fsp3) is 0.345. The Morgan fingerprint density at radius 2 is 1.91 bits per heavy atom. The number of benzene rings is 1. The highest BCUT2D eigenvalue weighted by Crippen LogP contribution is 2.26. The largest absolute Gasteiger partial charge is 0.462 e. The van der Waals surface area contributed by atoms with Crippen LogP contribution in [0.3, 0.4) is 0 Å². The summed E-state index contributed by atoms with van der Waals surface area (Å²) >= 11 is 0. The van der Waals surface area contributed by atoms with Gasteiger partial charge in [-0.1, -0.05) is 64.6 Å². The lowest BCUT2D eigenvalue weighted by atomic mass is 10.0. The first kappa shape index (κ1) is 27.8. The van der Waals surface area contributed by atoms with E-state index in [2.05, 4.69) is 23.3 Å². The van der Waals surface area contributed by atoms with Crippen LogP contribution in [0.5, 0.6) is 0 Å². The van der Waals surface area contributed by atoms with Gasteiger partial charge in [-0.3, -0.25) is 0 Å². The van der Waals surface area contributed by atoms with Gasteiger partial charge in [0.2, 0.25) is 0 Å². The van der Waals surface area contributed by atoms with Crippen LogP contribution < -0.4 is 0 Å². The molecule has 0 aliphatic heterocycles. The summed E-state index contributed by atoms with van der Waals surface area (Å²) in [5.41, 5.74) is 2.87. The van der Waals surface area contributed by atoms with E-state index in [9.17, 15) is 4.79 Å². The van der Waals surface area contributed by atoms with Gasteiger partial charge in [-0.15, -0.1) is 0 Å². The topological polar surface area (TPSA) is 40.5 Å². The van der Waals surface area contributed by atoms with Crippen LogP contribution in [0.2, 0.25) is 0 Å². The smallest absolute Gasteiger partial charge is 0.340 e. The van der Waals surface area contributed by atoms with Crippen molar-refractivity contribution >= 4 is 16.9 Å². The number of aromatic nitrogens is 1. The highest BCUT2D eigenvalue weighted by Gasteiger charge is 2.17. The number of hydrogen-bond donors (Lipinski definition) is 0. The van der Waals surface area contributed by atoms with Gasteiger partial charge in [0.1, 0.15) is 11.5 Å². The van der Waals surface area contributed by atoms with Crippen molar-refractivity contribution in [1.29, 1.82) is 0 Å². The average molecular weight is 450 g/mol. The Balaban J connectivity index is 0.00000129.